The quantitative estimate of drug-likeness (QED) is 0.432. The zero-order valence-corrected chi connectivity index (χ0v) is 16.9. The van der Waals surface area contributed by atoms with E-state index in [-0.39, 0.29) is 13.1 Å². The minimum absolute atomic E-state index is 0.0149. The van der Waals surface area contributed by atoms with Gasteiger partial charge in [-0.05, 0) is 50.6 Å². The maximum absolute atomic E-state index is 12.1. The number of amides is 3. The van der Waals surface area contributed by atoms with Crippen LogP contribution >= 0.6 is 0 Å². The normalized spacial score (nSPS) is 10.3. The van der Waals surface area contributed by atoms with Gasteiger partial charge in [0.1, 0.15) is 12.3 Å². The lowest BCUT2D eigenvalue weighted by Gasteiger charge is -2.10. The largest absolute Gasteiger partial charge is 0.494 e. The Kier molecular flexibility index (Phi) is 8.20. The fraction of sp³-hybridized carbons (Fsp3) is 0.400. The predicted octanol–water partition coefficient (Wildman–Crippen LogP) is 1.26. The van der Waals surface area contributed by atoms with Gasteiger partial charge in [-0.15, -0.1) is 0 Å². The second-order valence-electron chi connectivity index (χ2n) is 6.59. The summed E-state index contributed by atoms with van der Waals surface area (Å²) in [5, 5.41) is 6.67. The van der Waals surface area contributed by atoms with Crippen LogP contribution in [0.4, 0.5) is 0 Å². The first-order valence-corrected chi connectivity index (χ1v) is 9.49. The van der Waals surface area contributed by atoms with Gasteiger partial charge in [-0.1, -0.05) is 13.3 Å². The molecule has 0 bridgehead atoms. The highest BCUT2D eigenvalue weighted by Crippen LogP contribution is 2.12. The number of nitrogens with one attached hydrogen (secondary N) is 3. The molecule has 2 rings (SSSR count). The average Bonchev–Trinajstić information content (AvgIpc) is 3.02. The highest BCUT2D eigenvalue weighted by atomic mass is 16.5. The summed E-state index contributed by atoms with van der Waals surface area (Å²) >= 11 is 0. The minimum Gasteiger partial charge on any atom is -0.494 e. The van der Waals surface area contributed by atoms with Crippen molar-refractivity contribution in [1.29, 1.82) is 0 Å². The van der Waals surface area contributed by atoms with E-state index in [1.807, 2.05) is 19.9 Å². The van der Waals surface area contributed by atoms with Gasteiger partial charge in [-0.25, -0.2) is 0 Å². The van der Waals surface area contributed by atoms with Gasteiger partial charge in [0.05, 0.1) is 18.8 Å². The molecule has 156 valence electrons. The summed E-state index contributed by atoms with van der Waals surface area (Å²) in [6.07, 6.45) is 2.01. The van der Waals surface area contributed by atoms with Crippen LogP contribution in [0.15, 0.2) is 30.3 Å². The molecule has 0 saturated heterocycles. The van der Waals surface area contributed by atoms with Crippen molar-refractivity contribution >= 4 is 17.7 Å². The maximum Gasteiger partial charge on any atom is 0.260 e. The first-order chi connectivity index (χ1) is 13.9. The van der Waals surface area contributed by atoms with Crippen molar-refractivity contribution in [3.05, 3.63) is 47.3 Å². The topological polar surface area (TPSA) is 114 Å². The highest BCUT2D eigenvalue weighted by Gasteiger charge is 2.11. The van der Waals surface area contributed by atoms with Crippen LogP contribution in [0.5, 0.6) is 5.75 Å². The smallest absolute Gasteiger partial charge is 0.260 e. The van der Waals surface area contributed by atoms with Crippen molar-refractivity contribution in [1.82, 2.24) is 25.9 Å². The number of ether oxygens (including phenoxy) is 1. The Bertz CT molecular complexity index is 845. The zero-order valence-electron chi connectivity index (χ0n) is 16.9. The van der Waals surface area contributed by atoms with Gasteiger partial charge in [0, 0.05) is 11.3 Å². The van der Waals surface area contributed by atoms with Crippen molar-refractivity contribution in [3.63, 3.8) is 0 Å². The molecular formula is C20H27N5O4. The van der Waals surface area contributed by atoms with Crippen molar-refractivity contribution < 1.29 is 19.1 Å². The SMILES string of the molecule is CCCCOc1ccc(C(=O)NCC(=O)NNC(=O)Cn2nc(C)cc2C)cc1. The third-order valence-electron chi connectivity index (χ3n) is 4.03. The summed E-state index contributed by atoms with van der Waals surface area (Å²) < 4.78 is 7.08. The summed E-state index contributed by atoms with van der Waals surface area (Å²) in [5.41, 5.74) is 6.62. The monoisotopic (exact) mass is 401 g/mol. The van der Waals surface area contributed by atoms with Gasteiger partial charge in [-0.2, -0.15) is 5.10 Å². The van der Waals surface area contributed by atoms with E-state index in [0.29, 0.717) is 17.9 Å². The first kappa shape index (κ1) is 21.9. The molecule has 0 aliphatic heterocycles. The van der Waals surface area contributed by atoms with Crippen LogP contribution in [0, 0.1) is 13.8 Å². The van der Waals surface area contributed by atoms with Gasteiger partial charge in [0.15, 0.2) is 0 Å². The Morgan fingerprint density at radius 2 is 1.76 bits per heavy atom. The molecule has 2 aromatic rings. The van der Waals surface area contributed by atoms with E-state index in [2.05, 4.69) is 28.2 Å². The molecule has 0 aliphatic rings. The van der Waals surface area contributed by atoms with Crippen LogP contribution in [0.25, 0.3) is 0 Å². The number of hydrogen-bond acceptors (Lipinski definition) is 5. The van der Waals surface area contributed by atoms with E-state index in [1.165, 1.54) is 4.68 Å². The van der Waals surface area contributed by atoms with Crippen LogP contribution < -0.4 is 20.9 Å². The van der Waals surface area contributed by atoms with Crippen molar-refractivity contribution in [2.24, 2.45) is 0 Å². The molecule has 9 heteroatoms. The fourth-order valence-electron chi connectivity index (χ4n) is 2.49. The lowest BCUT2D eigenvalue weighted by molar-refractivity contribution is -0.128. The Morgan fingerprint density at radius 3 is 2.38 bits per heavy atom. The lowest BCUT2D eigenvalue weighted by atomic mass is 10.2. The molecular weight excluding hydrogens is 374 g/mol. The van der Waals surface area contributed by atoms with Crippen LogP contribution in [0.1, 0.15) is 41.5 Å². The molecule has 0 aliphatic carbocycles. The number of carbonyl (C=O) groups is 3. The van der Waals surface area contributed by atoms with Crippen LogP contribution in [0.3, 0.4) is 0 Å². The Morgan fingerprint density at radius 1 is 1.07 bits per heavy atom. The molecule has 1 heterocycles. The Labute approximate surface area is 169 Å². The summed E-state index contributed by atoms with van der Waals surface area (Å²) in [6.45, 7) is 6.10. The lowest BCUT2D eigenvalue weighted by Crippen LogP contribution is -2.47. The van der Waals surface area contributed by atoms with Gasteiger partial charge in [-0.3, -0.25) is 29.9 Å². The summed E-state index contributed by atoms with van der Waals surface area (Å²) in [5.74, 6) is -0.665. The zero-order chi connectivity index (χ0) is 21.2. The maximum atomic E-state index is 12.1. The predicted molar refractivity (Wildman–Crippen MR) is 107 cm³/mol. The van der Waals surface area contributed by atoms with Gasteiger partial charge < -0.3 is 10.1 Å². The van der Waals surface area contributed by atoms with E-state index in [4.69, 9.17) is 4.74 Å². The third kappa shape index (κ3) is 7.28. The molecule has 0 atom stereocenters. The Balaban J connectivity index is 1.70. The molecule has 0 unspecified atom stereocenters. The van der Waals surface area contributed by atoms with Gasteiger partial charge in [0.2, 0.25) is 0 Å². The van der Waals surface area contributed by atoms with Crippen LogP contribution in [-0.2, 0) is 16.1 Å². The molecule has 0 spiro atoms. The number of carbonyl (C=O) groups excluding carboxylic acids is 3. The number of hydrogen-bond donors (Lipinski definition) is 3. The number of aryl methyl sites for hydroxylation is 2. The van der Waals surface area contributed by atoms with Crippen LogP contribution in [0.2, 0.25) is 0 Å². The molecule has 3 amide bonds. The fourth-order valence-corrected chi connectivity index (χ4v) is 2.49. The Hall–Kier alpha value is -3.36. The molecule has 9 nitrogen and oxygen atoms in total. The number of rotatable bonds is 9. The third-order valence-corrected chi connectivity index (χ3v) is 4.03. The van der Waals surface area contributed by atoms with Crippen molar-refractivity contribution in [2.75, 3.05) is 13.2 Å². The van der Waals surface area contributed by atoms with E-state index in [0.717, 1.165) is 24.2 Å². The molecule has 0 saturated carbocycles. The van der Waals surface area contributed by atoms with E-state index in [9.17, 15) is 14.4 Å². The second-order valence-corrected chi connectivity index (χ2v) is 6.59. The van der Waals surface area contributed by atoms with Crippen LogP contribution in [-0.4, -0.2) is 40.7 Å². The minimum atomic E-state index is -0.542. The second kappa shape index (κ2) is 10.8. The van der Waals surface area contributed by atoms with E-state index in [1.54, 1.807) is 24.3 Å². The van der Waals surface area contributed by atoms with Crippen molar-refractivity contribution in [3.8, 4) is 5.75 Å². The highest BCUT2D eigenvalue weighted by molar-refractivity contribution is 5.96. The van der Waals surface area contributed by atoms with Gasteiger partial charge in [0.25, 0.3) is 17.7 Å². The number of nitrogens with zero attached hydrogens (tertiary/aromatic N) is 2. The average molecular weight is 401 g/mol. The molecule has 0 radical (unpaired) electrons. The number of benzene rings is 1. The standard InChI is InChI=1S/C20H27N5O4/c1-4-5-10-29-17-8-6-16(7-9-17)20(28)21-12-18(26)22-23-19(27)13-25-15(3)11-14(2)24-25/h6-9,11H,4-5,10,12-13H2,1-3H3,(H,21,28)(H,22,26)(H,23,27). The summed E-state index contributed by atoms with van der Waals surface area (Å²) in [6, 6.07) is 8.54. The molecule has 1 aromatic carbocycles. The number of unbranched alkanes of at least 4 members (excludes halogenated alkanes) is 1. The number of hydrazine groups is 1. The summed E-state index contributed by atoms with van der Waals surface area (Å²) in [7, 11) is 0. The van der Waals surface area contributed by atoms with Gasteiger partial charge >= 0.3 is 0 Å². The molecule has 0 fully saturated rings. The number of aromatic nitrogens is 2. The molecule has 29 heavy (non-hydrogen) atoms. The first-order valence-electron chi connectivity index (χ1n) is 9.49. The molecule has 1 aromatic heterocycles. The van der Waals surface area contributed by atoms with E-state index >= 15 is 0 Å². The summed E-state index contributed by atoms with van der Waals surface area (Å²) in [4.78, 5) is 35.8. The van der Waals surface area contributed by atoms with Crippen molar-refractivity contribution in [2.45, 2.75) is 40.2 Å². The van der Waals surface area contributed by atoms with E-state index < -0.39 is 17.7 Å². The molecule has 3 N–H and O–H groups in total.